The highest BCUT2D eigenvalue weighted by atomic mass is 16.3. The van der Waals surface area contributed by atoms with Gasteiger partial charge in [-0.1, -0.05) is 12.8 Å². The smallest absolute Gasteiger partial charge is 0.0613 e. The average molecular weight is 266 g/mol. The van der Waals surface area contributed by atoms with Gasteiger partial charge in [0.05, 0.1) is 6.61 Å². The second-order valence-electron chi connectivity index (χ2n) is 7.08. The highest BCUT2D eigenvalue weighted by Gasteiger charge is 2.44. The van der Waals surface area contributed by atoms with E-state index in [-0.39, 0.29) is 5.54 Å². The van der Waals surface area contributed by atoms with Crippen LogP contribution in [-0.2, 0) is 0 Å². The molecule has 0 amide bonds. The fourth-order valence-electron chi connectivity index (χ4n) is 4.95. The minimum absolute atomic E-state index is 0.00623. The van der Waals surface area contributed by atoms with Gasteiger partial charge < -0.3 is 10.4 Å². The van der Waals surface area contributed by atoms with Gasteiger partial charge in [0.25, 0.3) is 0 Å². The quantitative estimate of drug-likeness (QED) is 0.821. The monoisotopic (exact) mass is 266 g/mol. The molecule has 110 valence electrons. The van der Waals surface area contributed by atoms with E-state index in [1.54, 1.807) is 0 Å². The lowest BCUT2D eigenvalue weighted by molar-refractivity contribution is 0.0234. The number of aliphatic hydroxyl groups excluding tert-OH is 1. The van der Waals surface area contributed by atoms with E-state index in [9.17, 15) is 5.11 Å². The topological polar surface area (TPSA) is 35.5 Å². The van der Waals surface area contributed by atoms with Crippen LogP contribution in [0.4, 0.5) is 0 Å². The summed E-state index contributed by atoms with van der Waals surface area (Å²) in [4.78, 5) is 2.84. The number of rotatable bonds is 3. The minimum Gasteiger partial charge on any atom is -0.394 e. The van der Waals surface area contributed by atoms with Gasteiger partial charge in [-0.15, -0.1) is 0 Å². The van der Waals surface area contributed by atoms with Crippen molar-refractivity contribution in [3.05, 3.63) is 0 Å². The molecule has 3 rings (SSSR count). The largest absolute Gasteiger partial charge is 0.394 e. The lowest BCUT2D eigenvalue weighted by Gasteiger charge is -2.47. The minimum atomic E-state index is 0.00623. The van der Waals surface area contributed by atoms with Gasteiger partial charge in [-0.2, -0.15) is 0 Å². The maximum absolute atomic E-state index is 9.68. The molecule has 2 unspecified atom stereocenters. The summed E-state index contributed by atoms with van der Waals surface area (Å²) >= 11 is 0. The van der Waals surface area contributed by atoms with Crippen molar-refractivity contribution in [1.82, 2.24) is 10.2 Å². The first-order valence-electron chi connectivity index (χ1n) is 8.33. The summed E-state index contributed by atoms with van der Waals surface area (Å²) in [5.41, 5.74) is 0.00623. The van der Waals surface area contributed by atoms with E-state index >= 15 is 0 Å². The van der Waals surface area contributed by atoms with Crippen molar-refractivity contribution >= 4 is 0 Å². The van der Waals surface area contributed by atoms with Crippen LogP contribution in [0.1, 0.15) is 57.8 Å². The molecule has 3 heteroatoms. The summed E-state index contributed by atoms with van der Waals surface area (Å²) in [6.45, 7) is 1.60. The van der Waals surface area contributed by atoms with Crippen molar-refractivity contribution in [2.24, 2.45) is 5.92 Å². The standard InChI is InChI=1S/C16H30N2O/c1-17-16(12-19)9-8-14(11-16)18-10-4-6-13-5-2-3-7-15(13)18/h13-15,17,19H,2-12H2,1H3/t13-,14?,15-,16?/m1/s1. The molecule has 0 aromatic rings. The number of nitrogens with one attached hydrogen (secondary N) is 1. The third-order valence-corrected chi connectivity index (χ3v) is 6.17. The zero-order valence-corrected chi connectivity index (χ0v) is 12.4. The van der Waals surface area contributed by atoms with Crippen LogP contribution >= 0.6 is 0 Å². The molecule has 3 aliphatic rings. The van der Waals surface area contributed by atoms with E-state index in [2.05, 4.69) is 10.2 Å². The Morgan fingerprint density at radius 3 is 2.68 bits per heavy atom. The molecular formula is C16H30N2O. The molecule has 0 bridgehead atoms. The molecular weight excluding hydrogens is 236 g/mol. The number of fused-ring (bicyclic) bond motifs is 1. The zero-order valence-electron chi connectivity index (χ0n) is 12.4. The molecule has 0 aromatic heterocycles. The molecule has 0 radical (unpaired) electrons. The van der Waals surface area contributed by atoms with Crippen molar-refractivity contribution in [3.63, 3.8) is 0 Å². The predicted molar refractivity (Wildman–Crippen MR) is 78.2 cm³/mol. The number of piperidine rings is 1. The molecule has 3 nitrogen and oxygen atoms in total. The second kappa shape index (κ2) is 5.71. The van der Waals surface area contributed by atoms with E-state index in [0.29, 0.717) is 12.6 Å². The summed E-state index contributed by atoms with van der Waals surface area (Å²) in [6, 6.07) is 1.57. The number of likely N-dealkylation sites (N-methyl/N-ethyl adjacent to an activating group) is 1. The molecule has 1 aliphatic heterocycles. The highest BCUT2D eigenvalue weighted by Crippen LogP contribution is 2.41. The van der Waals surface area contributed by atoms with Gasteiger partial charge >= 0.3 is 0 Å². The van der Waals surface area contributed by atoms with Gasteiger partial charge in [-0.25, -0.2) is 0 Å². The van der Waals surface area contributed by atoms with Gasteiger partial charge in [-0.3, -0.25) is 4.90 Å². The fraction of sp³-hybridized carbons (Fsp3) is 1.00. The normalized spacial score (nSPS) is 44.2. The van der Waals surface area contributed by atoms with E-state index in [4.69, 9.17) is 0 Å². The first-order valence-corrected chi connectivity index (χ1v) is 8.33. The number of nitrogens with zero attached hydrogens (tertiary/aromatic N) is 1. The SMILES string of the molecule is CNC1(CO)CCC(N2CCC[C@H]3CCCC[C@H]32)C1. The van der Waals surface area contributed by atoms with Crippen molar-refractivity contribution < 1.29 is 5.11 Å². The Hall–Kier alpha value is -0.120. The Morgan fingerprint density at radius 1 is 1.16 bits per heavy atom. The van der Waals surface area contributed by atoms with Crippen molar-refractivity contribution in [2.75, 3.05) is 20.2 Å². The summed E-state index contributed by atoms with van der Waals surface area (Å²) in [6.07, 6.45) is 12.2. The fourth-order valence-corrected chi connectivity index (χ4v) is 4.95. The number of hydrogen-bond donors (Lipinski definition) is 2. The van der Waals surface area contributed by atoms with Gasteiger partial charge in [-0.05, 0) is 64.5 Å². The van der Waals surface area contributed by atoms with Gasteiger partial charge in [0.2, 0.25) is 0 Å². The zero-order chi connectivity index (χ0) is 13.3. The molecule has 2 aliphatic carbocycles. The first-order chi connectivity index (χ1) is 9.28. The third-order valence-electron chi connectivity index (χ3n) is 6.17. The van der Waals surface area contributed by atoms with Crippen LogP contribution < -0.4 is 5.32 Å². The average Bonchev–Trinajstić information content (AvgIpc) is 2.92. The first kappa shape index (κ1) is 13.8. The Bertz CT molecular complexity index is 301. The Kier molecular flexibility index (Phi) is 4.16. The van der Waals surface area contributed by atoms with E-state index in [0.717, 1.165) is 24.8 Å². The maximum atomic E-state index is 9.68. The summed E-state index contributed by atoms with van der Waals surface area (Å²) in [5, 5.41) is 13.1. The van der Waals surface area contributed by atoms with Crippen LogP contribution in [0.15, 0.2) is 0 Å². The molecule has 1 heterocycles. The van der Waals surface area contributed by atoms with Crippen molar-refractivity contribution in [1.29, 1.82) is 0 Å². The molecule has 0 spiro atoms. The Balaban J connectivity index is 1.68. The van der Waals surface area contributed by atoms with Crippen molar-refractivity contribution in [3.8, 4) is 0 Å². The van der Waals surface area contributed by atoms with Crippen LogP contribution in [0, 0.1) is 5.92 Å². The summed E-state index contributed by atoms with van der Waals surface area (Å²) < 4.78 is 0. The number of hydrogen-bond acceptors (Lipinski definition) is 3. The van der Waals surface area contributed by atoms with Crippen LogP contribution in [0.3, 0.4) is 0 Å². The van der Waals surface area contributed by atoms with Crippen LogP contribution in [0.25, 0.3) is 0 Å². The second-order valence-corrected chi connectivity index (χ2v) is 7.08. The molecule has 1 saturated heterocycles. The molecule has 2 N–H and O–H groups in total. The molecule has 3 fully saturated rings. The summed E-state index contributed by atoms with van der Waals surface area (Å²) in [7, 11) is 2.01. The maximum Gasteiger partial charge on any atom is 0.0613 e. The van der Waals surface area contributed by atoms with Gasteiger partial charge in [0.1, 0.15) is 0 Å². The van der Waals surface area contributed by atoms with Gasteiger partial charge in [0.15, 0.2) is 0 Å². The van der Waals surface area contributed by atoms with E-state index in [1.165, 1.54) is 51.5 Å². The van der Waals surface area contributed by atoms with E-state index in [1.807, 2.05) is 7.05 Å². The van der Waals surface area contributed by atoms with Crippen LogP contribution in [0.2, 0.25) is 0 Å². The van der Waals surface area contributed by atoms with Crippen molar-refractivity contribution in [2.45, 2.75) is 75.4 Å². The van der Waals surface area contributed by atoms with E-state index < -0.39 is 0 Å². The Morgan fingerprint density at radius 2 is 1.95 bits per heavy atom. The van der Waals surface area contributed by atoms with Crippen LogP contribution in [0.5, 0.6) is 0 Å². The lowest BCUT2D eigenvalue weighted by Crippen LogP contribution is -2.52. The lowest BCUT2D eigenvalue weighted by atomic mass is 9.77. The predicted octanol–water partition coefficient (Wildman–Crippen LogP) is 2.14. The van der Waals surface area contributed by atoms with Gasteiger partial charge in [0, 0.05) is 17.6 Å². The molecule has 19 heavy (non-hydrogen) atoms. The number of likely N-dealkylation sites (tertiary alicyclic amines) is 1. The summed E-state index contributed by atoms with van der Waals surface area (Å²) in [5.74, 6) is 0.973. The number of aliphatic hydroxyl groups is 1. The Labute approximate surface area is 117 Å². The third kappa shape index (κ3) is 2.57. The molecule has 2 saturated carbocycles. The van der Waals surface area contributed by atoms with Crippen LogP contribution in [-0.4, -0.2) is 47.8 Å². The molecule has 4 atom stereocenters. The highest BCUT2D eigenvalue weighted by molar-refractivity contribution is 5.01. The molecule has 0 aromatic carbocycles.